The van der Waals surface area contributed by atoms with E-state index >= 15 is 0 Å². The van der Waals surface area contributed by atoms with Crippen LogP contribution >= 0.6 is 0 Å². The van der Waals surface area contributed by atoms with E-state index in [0.29, 0.717) is 11.5 Å². The maximum Gasteiger partial charge on any atom is 0.254 e. The molecule has 5 nitrogen and oxygen atoms in total. The largest absolute Gasteiger partial charge is 0.365 e. The van der Waals surface area contributed by atoms with Crippen LogP contribution in [-0.4, -0.2) is 15.7 Å². The molecule has 0 unspecified atom stereocenters. The van der Waals surface area contributed by atoms with E-state index in [2.05, 4.69) is 10.4 Å². The highest BCUT2D eigenvalue weighted by molar-refractivity contribution is 5.98. The molecular weight excluding hydrogens is 223 g/mol. The van der Waals surface area contributed by atoms with Gasteiger partial charge in [-0.25, -0.2) is 4.39 Å². The Balaban J connectivity index is 2.29. The predicted octanol–water partition coefficient (Wildman–Crippen LogP) is 1.40. The number of halogens is 1. The summed E-state index contributed by atoms with van der Waals surface area (Å²) in [6.07, 6.45) is 1.52. The molecule has 2 aromatic rings. The second-order valence-electron chi connectivity index (χ2n) is 3.56. The first kappa shape index (κ1) is 11.1. The van der Waals surface area contributed by atoms with Gasteiger partial charge >= 0.3 is 0 Å². The highest BCUT2D eigenvalue weighted by atomic mass is 19.1. The van der Waals surface area contributed by atoms with Crippen molar-refractivity contribution >= 4 is 17.4 Å². The molecule has 0 aliphatic heterocycles. The number of nitrogens with two attached hydrogens (primary N) is 1. The smallest absolute Gasteiger partial charge is 0.254 e. The van der Waals surface area contributed by atoms with Crippen molar-refractivity contribution in [3.63, 3.8) is 0 Å². The van der Waals surface area contributed by atoms with Crippen molar-refractivity contribution in [1.82, 2.24) is 9.78 Å². The van der Waals surface area contributed by atoms with Crippen molar-refractivity contribution in [2.75, 3.05) is 5.32 Å². The lowest BCUT2D eigenvalue weighted by Gasteiger charge is -2.03. The standard InChI is InChI=1S/C11H11FN4O/c1-16-6-9(10(13)17)11(15-16)14-8-4-2-7(12)3-5-8/h2-6H,1H3,(H2,13,17)(H,14,15). The molecule has 1 aromatic heterocycles. The van der Waals surface area contributed by atoms with E-state index in [4.69, 9.17) is 5.73 Å². The minimum atomic E-state index is -0.567. The third-order valence-corrected chi connectivity index (χ3v) is 2.20. The molecular formula is C11H11FN4O. The molecule has 17 heavy (non-hydrogen) atoms. The van der Waals surface area contributed by atoms with Crippen LogP contribution in [0.25, 0.3) is 0 Å². The summed E-state index contributed by atoms with van der Waals surface area (Å²) in [4.78, 5) is 11.1. The third kappa shape index (κ3) is 2.41. The number of rotatable bonds is 3. The second kappa shape index (κ2) is 4.25. The summed E-state index contributed by atoms with van der Waals surface area (Å²) >= 11 is 0. The summed E-state index contributed by atoms with van der Waals surface area (Å²) in [5.41, 5.74) is 6.13. The van der Waals surface area contributed by atoms with Crippen molar-refractivity contribution in [3.05, 3.63) is 41.8 Å². The lowest BCUT2D eigenvalue weighted by molar-refractivity contribution is 0.100. The lowest BCUT2D eigenvalue weighted by Crippen LogP contribution is -2.12. The third-order valence-electron chi connectivity index (χ3n) is 2.20. The summed E-state index contributed by atoms with van der Waals surface area (Å²) in [6.45, 7) is 0. The van der Waals surface area contributed by atoms with Gasteiger partial charge in [-0.1, -0.05) is 0 Å². The normalized spacial score (nSPS) is 10.2. The van der Waals surface area contributed by atoms with Crippen LogP contribution in [0.1, 0.15) is 10.4 Å². The summed E-state index contributed by atoms with van der Waals surface area (Å²) in [5.74, 6) is -0.541. The second-order valence-corrected chi connectivity index (χ2v) is 3.56. The van der Waals surface area contributed by atoms with E-state index in [1.807, 2.05) is 0 Å². The quantitative estimate of drug-likeness (QED) is 0.843. The Labute approximate surface area is 97.0 Å². The number of carbonyl (C=O) groups is 1. The summed E-state index contributed by atoms with van der Waals surface area (Å²) in [7, 11) is 1.68. The molecule has 0 fully saturated rings. The van der Waals surface area contributed by atoms with Crippen LogP contribution in [-0.2, 0) is 7.05 Å². The minimum absolute atomic E-state index is 0.289. The fraction of sp³-hybridized carbons (Fsp3) is 0.0909. The Morgan fingerprint density at radius 1 is 1.41 bits per heavy atom. The Kier molecular flexibility index (Phi) is 2.78. The highest BCUT2D eigenvalue weighted by Gasteiger charge is 2.12. The highest BCUT2D eigenvalue weighted by Crippen LogP contribution is 2.18. The zero-order chi connectivity index (χ0) is 12.4. The zero-order valence-corrected chi connectivity index (χ0v) is 9.14. The summed E-state index contributed by atoms with van der Waals surface area (Å²) in [5, 5.41) is 6.96. The van der Waals surface area contributed by atoms with Gasteiger partial charge in [-0.2, -0.15) is 5.10 Å². The topological polar surface area (TPSA) is 72.9 Å². The van der Waals surface area contributed by atoms with E-state index in [1.165, 1.54) is 23.0 Å². The van der Waals surface area contributed by atoms with E-state index in [9.17, 15) is 9.18 Å². The SMILES string of the molecule is Cn1cc(C(N)=O)c(Nc2ccc(F)cc2)n1. The number of aryl methyl sites for hydroxylation is 1. The number of amides is 1. The molecule has 0 bridgehead atoms. The Morgan fingerprint density at radius 3 is 2.65 bits per heavy atom. The van der Waals surface area contributed by atoms with Crippen LogP contribution in [0, 0.1) is 5.82 Å². The van der Waals surface area contributed by atoms with Crippen molar-refractivity contribution in [1.29, 1.82) is 0 Å². The molecule has 1 aromatic carbocycles. The van der Waals surface area contributed by atoms with E-state index in [0.717, 1.165) is 0 Å². The van der Waals surface area contributed by atoms with Gasteiger partial charge in [0.15, 0.2) is 5.82 Å². The van der Waals surface area contributed by atoms with Crippen LogP contribution in [0.3, 0.4) is 0 Å². The van der Waals surface area contributed by atoms with Crippen molar-refractivity contribution in [2.24, 2.45) is 12.8 Å². The Morgan fingerprint density at radius 2 is 2.06 bits per heavy atom. The summed E-state index contributed by atoms with van der Waals surface area (Å²) < 4.78 is 14.2. The van der Waals surface area contributed by atoms with Gasteiger partial charge in [-0.15, -0.1) is 0 Å². The number of nitrogens with zero attached hydrogens (tertiary/aromatic N) is 2. The maximum absolute atomic E-state index is 12.7. The van der Waals surface area contributed by atoms with Gasteiger partial charge in [-0.3, -0.25) is 9.48 Å². The van der Waals surface area contributed by atoms with E-state index < -0.39 is 5.91 Å². The number of benzene rings is 1. The van der Waals surface area contributed by atoms with Crippen LogP contribution in [0.15, 0.2) is 30.5 Å². The van der Waals surface area contributed by atoms with Crippen LogP contribution in [0.2, 0.25) is 0 Å². The van der Waals surface area contributed by atoms with Gasteiger partial charge in [0.2, 0.25) is 0 Å². The molecule has 0 saturated carbocycles. The van der Waals surface area contributed by atoms with Gasteiger partial charge in [0.1, 0.15) is 11.4 Å². The number of hydrogen-bond donors (Lipinski definition) is 2. The molecule has 3 N–H and O–H groups in total. The number of hydrogen-bond acceptors (Lipinski definition) is 3. The molecule has 0 spiro atoms. The number of anilines is 2. The number of carbonyl (C=O) groups excluding carboxylic acids is 1. The van der Waals surface area contributed by atoms with Crippen molar-refractivity contribution in [3.8, 4) is 0 Å². The molecule has 0 saturated heterocycles. The summed E-state index contributed by atoms with van der Waals surface area (Å²) in [6, 6.07) is 5.73. The first-order valence-corrected chi connectivity index (χ1v) is 4.92. The lowest BCUT2D eigenvalue weighted by atomic mass is 10.3. The average Bonchev–Trinajstić information content (AvgIpc) is 2.63. The first-order valence-electron chi connectivity index (χ1n) is 4.92. The molecule has 2 rings (SSSR count). The molecule has 0 radical (unpaired) electrons. The first-order chi connectivity index (χ1) is 8.06. The van der Waals surface area contributed by atoms with Gasteiger partial charge in [0.25, 0.3) is 5.91 Å². The van der Waals surface area contributed by atoms with Crippen molar-refractivity contribution in [2.45, 2.75) is 0 Å². The van der Waals surface area contributed by atoms with E-state index in [1.54, 1.807) is 19.2 Å². The molecule has 1 amide bonds. The van der Waals surface area contributed by atoms with Crippen LogP contribution in [0.4, 0.5) is 15.9 Å². The zero-order valence-electron chi connectivity index (χ0n) is 9.14. The van der Waals surface area contributed by atoms with Gasteiger partial charge < -0.3 is 11.1 Å². The molecule has 0 atom stereocenters. The number of primary amides is 1. The van der Waals surface area contributed by atoms with Crippen LogP contribution in [0.5, 0.6) is 0 Å². The van der Waals surface area contributed by atoms with Gasteiger partial charge in [-0.05, 0) is 24.3 Å². The molecule has 88 valence electrons. The Hall–Kier alpha value is -2.37. The van der Waals surface area contributed by atoms with E-state index in [-0.39, 0.29) is 11.4 Å². The fourth-order valence-electron chi connectivity index (χ4n) is 1.43. The number of nitrogens with one attached hydrogen (secondary N) is 1. The number of aromatic nitrogens is 2. The van der Waals surface area contributed by atoms with Crippen molar-refractivity contribution < 1.29 is 9.18 Å². The fourth-order valence-corrected chi connectivity index (χ4v) is 1.43. The minimum Gasteiger partial charge on any atom is -0.365 e. The Bertz CT molecular complexity index is 547. The average molecular weight is 234 g/mol. The van der Waals surface area contributed by atoms with Gasteiger partial charge in [0.05, 0.1) is 0 Å². The predicted molar refractivity (Wildman–Crippen MR) is 61.4 cm³/mol. The molecule has 6 heteroatoms. The molecule has 0 aliphatic carbocycles. The monoisotopic (exact) mass is 234 g/mol. The van der Waals surface area contributed by atoms with Gasteiger partial charge in [0, 0.05) is 18.9 Å². The molecule has 0 aliphatic rings. The van der Waals surface area contributed by atoms with Crippen LogP contribution < -0.4 is 11.1 Å². The molecule has 1 heterocycles. The maximum atomic E-state index is 12.7.